The van der Waals surface area contributed by atoms with Gasteiger partial charge in [-0.05, 0) is 25.8 Å². The number of alkyl halides is 3. The van der Waals surface area contributed by atoms with Crippen LogP contribution in [0.3, 0.4) is 0 Å². The Morgan fingerprint density at radius 3 is 2.22 bits per heavy atom. The van der Waals surface area contributed by atoms with Crippen LogP contribution in [-0.2, 0) is 6.18 Å². The van der Waals surface area contributed by atoms with Gasteiger partial charge in [0.15, 0.2) is 0 Å². The first-order valence-corrected chi connectivity index (χ1v) is 8.06. The summed E-state index contributed by atoms with van der Waals surface area (Å²) in [6, 6.07) is 1.82. The van der Waals surface area contributed by atoms with Crippen molar-refractivity contribution in [2.45, 2.75) is 52.6 Å². The Labute approximate surface area is 134 Å². The summed E-state index contributed by atoms with van der Waals surface area (Å²) in [4.78, 5) is 12.4. The SMILES string of the molecule is CCCCN(CCCC)c1nc(C(F)(F)F)nc2[nH]c(C)cc12. The number of aromatic nitrogens is 3. The van der Waals surface area contributed by atoms with Crippen molar-refractivity contribution < 1.29 is 13.2 Å². The van der Waals surface area contributed by atoms with E-state index < -0.39 is 12.0 Å². The fraction of sp³-hybridized carbons (Fsp3) is 0.625. The first kappa shape index (κ1) is 17.6. The number of hydrogen-bond donors (Lipinski definition) is 1. The highest BCUT2D eigenvalue weighted by Crippen LogP contribution is 2.32. The molecule has 0 unspecified atom stereocenters. The minimum atomic E-state index is -4.55. The third-order valence-corrected chi connectivity index (χ3v) is 3.72. The van der Waals surface area contributed by atoms with Gasteiger partial charge in [-0.25, -0.2) is 9.97 Å². The lowest BCUT2D eigenvalue weighted by atomic mass is 10.2. The van der Waals surface area contributed by atoms with Gasteiger partial charge < -0.3 is 9.88 Å². The summed E-state index contributed by atoms with van der Waals surface area (Å²) in [5.41, 5.74) is 1.03. The molecule has 0 aliphatic heterocycles. The highest BCUT2D eigenvalue weighted by Gasteiger charge is 2.36. The number of unbranched alkanes of at least 4 members (excludes halogenated alkanes) is 2. The third kappa shape index (κ3) is 4.14. The number of H-pyrrole nitrogens is 1. The summed E-state index contributed by atoms with van der Waals surface area (Å²) in [6.07, 6.45) is -0.757. The molecule has 0 amide bonds. The smallest absolute Gasteiger partial charge is 0.356 e. The summed E-state index contributed by atoms with van der Waals surface area (Å²) >= 11 is 0. The van der Waals surface area contributed by atoms with Crippen LogP contribution >= 0.6 is 0 Å². The molecule has 2 rings (SSSR count). The molecule has 0 saturated heterocycles. The van der Waals surface area contributed by atoms with E-state index >= 15 is 0 Å². The van der Waals surface area contributed by atoms with Gasteiger partial charge in [0.1, 0.15) is 11.5 Å². The monoisotopic (exact) mass is 328 g/mol. The van der Waals surface area contributed by atoms with E-state index in [1.165, 1.54) is 0 Å². The van der Waals surface area contributed by atoms with E-state index in [2.05, 4.69) is 28.8 Å². The number of anilines is 1. The molecule has 0 radical (unpaired) electrons. The van der Waals surface area contributed by atoms with Gasteiger partial charge in [0.05, 0.1) is 5.39 Å². The second-order valence-corrected chi connectivity index (χ2v) is 5.78. The van der Waals surface area contributed by atoms with Crippen LogP contribution in [-0.4, -0.2) is 28.0 Å². The Morgan fingerprint density at radius 2 is 1.70 bits per heavy atom. The minimum absolute atomic E-state index is 0.248. The van der Waals surface area contributed by atoms with Crippen molar-refractivity contribution in [1.82, 2.24) is 15.0 Å². The molecule has 0 spiro atoms. The Kier molecular flexibility index (Phi) is 5.49. The molecule has 0 fully saturated rings. The Balaban J connectivity index is 2.53. The molecular formula is C16H23F3N4. The molecule has 23 heavy (non-hydrogen) atoms. The van der Waals surface area contributed by atoms with Crippen molar-refractivity contribution in [3.63, 3.8) is 0 Å². The molecule has 7 heteroatoms. The van der Waals surface area contributed by atoms with Gasteiger partial charge in [-0.2, -0.15) is 13.2 Å². The van der Waals surface area contributed by atoms with Crippen LogP contribution in [0, 0.1) is 6.92 Å². The zero-order valence-corrected chi connectivity index (χ0v) is 13.8. The van der Waals surface area contributed by atoms with Crippen LogP contribution in [0.15, 0.2) is 6.07 Å². The summed E-state index contributed by atoms with van der Waals surface area (Å²) < 4.78 is 39.3. The summed E-state index contributed by atoms with van der Waals surface area (Å²) in [6.45, 7) is 7.33. The highest BCUT2D eigenvalue weighted by molar-refractivity contribution is 5.88. The van der Waals surface area contributed by atoms with Gasteiger partial charge in [-0.1, -0.05) is 26.7 Å². The second kappa shape index (κ2) is 7.19. The predicted octanol–water partition coefficient (Wildman–Crippen LogP) is 4.69. The fourth-order valence-corrected chi connectivity index (χ4v) is 2.51. The average Bonchev–Trinajstić information content (AvgIpc) is 2.86. The van der Waals surface area contributed by atoms with Crippen molar-refractivity contribution in [1.29, 1.82) is 0 Å². The largest absolute Gasteiger partial charge is 0.451 e. The topological polar surface area (TPSA) is 44.8 Å². The number of fused-ring (bicyclic) bond motifs is 1. The molecule has 0 atom stereocenters. The molecule has 2 heterocycles. The number of nitrogens with zero attached hydrogens (tertiary/aromatic N) is 3. The van der Waals surface area contributed by atoms with E-state index in [1.54, 1.807) is 6.92 Å². The quantitative estimate of drug-likeness (QED) is 0.802. The molecule has 1 N–H and O–H groups in total. The molecule has 2 aromatic heterocycles. The van der Waals surface area contributed by atoms with E-state index in [1.807, 2.05) is 11.0 Å². The molecule has 0 bridgehead atoms. The molecule has 0 aliphatic carbocycles. The molecular weight excluding hydrogens is 305 g/mol. The molecule has 0 aromatic carbocycles. The Bertz CT molecular complexity index is 641. The lowest BCUT2D eigenvalue weighted by Gasteiger charge is -2.24. The number of aromatic amines is 1. The lowest BCUT2D eigenvalue weighted by molar-refractivity contribution is -0.144. The maximum atomic E-state index is 13.1. The van der Waals surface area contributed by atoms with Crippen LogP contribution in [0.4, 0.5) is 19.0 Å². The zero-order valence-electron chi connectivity index (χ0n) is 13.8. The van der Waals surface area contributed by atoms with Gasteiger partial charge in [-0.3, -0.25) is 0 Å². The maximum Gasteiger partial charge on any atom is 0.451 e. The van der Waals surface area contributed by atoms with E-state index in [0.717, 1.165) is 31.4 Å². The van der Waals surface area contributed by atoms with Gasteiger partial charge in [-0.15, -0.1) is 0 Å². The van der Waals surface area contributed by atoms with Crippen molar-refractivity contribution >= 4 is 16.9 Å². The number of nitrogens with one attached hydrogen (secondary N) is 1. The summed E-state index contributed by atoms with van der Waals surface area (Å²) in [7, 11) is 0. The molecule has 4 nitrogen and oxygen atoms in total. The van der Waals surface area contributed by atoms with Crippen LogP contribution < -0.4 is 4.90 Å². The van der Waals surface area contributed by atoms with Crippen LogP contribution in [0.2, 0.25) is 0 Å². The summed E-state index contributed by atoms with van der Waals surface area (Å²) in [5.74, 6) is -0.701. The van der Waals surface area contributed by atoms with Gasteiger partial charge >= 0.3 is 6.18 Å². The van der Waals surface area contributed by atoms with Crippen molar-refractivity contribution in [3.05, 3.63) is 17.6 Å². The number of halogens is 3. The van der Waals surface area contributed by atoms with Gasteiger partial charge in [0.25, 0.3) is 0 Å². The number of rotatable bonds is 7. The standard InChI is InChI=1S/C16H23F3N4/c1-4-6-8-23(9-7-5-2)14-12-10-11(3)20-13(12)21-15(22-14)16(17,18)19/h10H,4-9H2,1-3H3,(H,20,21,22). The number of aryl methyl sites for hydroxylation is 1. The van der Waals surface area contributed by atoms with Crippen LogP contribution in [0.5, 0.6) is 0 Å². The zero-order chi connectivity index (χ0) is 17.0. The van der Waals surface area contributed by atoms with Crippen LogP contribution in [0.1, 0.15) is 51.0 Å². The lowest BCUT2D eigenvalue weighted by Crippen LogP contribution is -2.28. The van der Waals surface area contributed by atoms with E-state index in [0.29, 0.717) is 24.3 Å². The van der Waals surface area contributed by atoms with Crippen molar-refractivity contribution in [3.8, 4) is 0 Å². The summed E-state index contributed by atoms with van der Waals surface area (Å²) in [5, 5.41) is 0.655. The van der Waals surface area contributed by atoms with E-state index in [4.69, 9.17) is 0 Å². The van der Waals surface area contributed by atoms with E-state index in [-0.39, 0.29) is 5.65 Å². The minimum Gasteiger partial charge on any atom is -0.356 e. The first-order valence-electron chi connectivity index (χ1n) is 8.06. The number of hydrogen-bond acceptors (Lipinski definition) is 3. The molecule has 0 saturated carbocycles. The maximum absolute atomic E-state index is 13.1. The third-order valence-electron chi connectivity index (χ3n) is 3.72. The average molecular weight is 328 g/mol. The highest BCUT2D eigenvalue weighted by atomic mass is 19.4. The van der Waals surface area contributed by atoms with E-state index in [9.17, 15) is 13.2 Å². The van der Waals surface area contributed by atoms with Gasteiger partial charge in [0, 0.05) is 18.8 Å². The van der Waals surface area contributed by atoms with Gasteiger partial charge in [0.2, 0.25) is 5.82 Å². The van der Waals surface area contributed by atoms with Crippen molar-refractivity contribution in [2.24, 2.45) is 0 Å². The first-order chi connectivity index (χ1) is 10.9. The van der Waals surface area contributed by atoms with Crippen LogP contribution in [0.25, 0.3) is 11.0 Å². The normalized spacial score (nSPS) is 12.1. The predicted molar refractivity (Wildman–Crippen MR) is 85.7 cm³/mol. The fourth-order valence-electron chi connectivity index (χ4n) is 2.51. The Hall–Kier alpha value is -1.79. The second-order valence-electron chi connectivity index (χ2n) is 5.78. The molecule has 128 valence electrons. The molecule has 0 aliphatic rings. The molecule has 2 aromatic rings. The Morgan fingerprint density at radius 1 is 1.09 bits per heavy atom. The van der Waals surface area contributed by atoms with Crippen molar-refractivity contribution in [2.75, 3.05) is 18.0 Å².